The van der Waals surface area contributed by atoms with E-state index in [4.69, 9.17) is 0 Å². The van der Waals surface area contributed by atoms with Crippen molar-refractivity contribution in [2.75, 3.05) is 24.5 Å². The van der Waals surface area contributed by atoms with Crippen molar-refractivity contribution in [2.24, 2.45) is 0 Å². The quantitative estimate of drug-likeness (QED) is 0.866. The van der Waals surface area contributed by atoms with Gasteiger partial charge in [0.1, 0.15) is 0 Å². The van der Waals surface area contributed by atoms with Gasteiger partial charge in [-0.05, 0) is 25.5 Å². The molecule has 0 spiro atoms. The van der Waals surface area contributed by atoms with Crippen molar-refractivity contribution in [3.8, 4) is 0 Å². The van der Waals surface area contributed by atoms with E-state index < -0.39 is 0 Å². The zero-order valence-corrected chi connectivity index (χ0v) is 10.8. The summed E-state index contributed by atoms with van der Waals surface area (Å²) in [6.07, 6.45) is 9.32. The van der Waals surface area contributed by atoms with Crippen LogP contribution in [0.5, 0.6) is 0 Å². The predicted octanol–water partition coefficient (Wildman–Crippen LogP) is 2.57. The molecule has 17 heavy (non-hydrogen) atoms. The minimum Gasteiger partial charge on any atom is -0.371 e. The Balaban J connectivity index is 2.11. The van der Waals surface area contributed by atoms with Crippen LogP contribution in [0.2, 0.25) is 0 Å². The maximum absolute atomic E-state index is 4.25. The molecule has 1 aromatic rings. The summed E-state index contributed by atoms with van der Waals surface area (Å²) in [6.45, 7) is 6.47. The molecule has 0 unspecified atom stereocenters. The van der Waals surface area contributed by atoms with Crippen molar-refractivity contribution < 1.29 is 0 Å². The molecule has 2 heterocycles. The molecule has 3 heteroatoms. The second-order valence-corrected chi connectivity index (χ2v) is 4.69. The lowest BCUT2D eigenvalue weighted by Gasteiger charge is -2.25. The highest BCUT2D eigenvalue weighted by atomic mass is 15.1. The van der Waals surface area contributed by atoms with Crippen molar-refractivity contribution in [2.45, 2.75) is 39.2 Å². The molecule has 0 bridgehead atoms. The van der Waals surface area contributed by atoms with Gasteiger partial charge in [-0.3, -0.25) is 4.98 Å². The first-order valence-electron chi connectivity index (χ1n) is 6.80. The first-order chi connectivity index (χ1) is 8.42. The monoisotopic (exact) mass is 233 g/mol. The molecule has 0 aliphatic carbocycles. The molecule has 1 aromatic heterocycles. The van der Waals surface area contributed by atoms with Crippen LogP contribution < -0.4 is 10.2 Å². The van der Waals surface area contributed by atoms with Crippen molar-refractivity contribution in [3.63, 3.8) is 0 Å². The predicted molar refractivity (Wildman–Crippen MR) is 72.3 cm³/mol. The fourth-order valence-electron chi connectivity index (χ4n) is 2.44. The van der Waals surface area contributed by atoms with E-state index >= 15 is 0 Å². The van der Waals surface area contributed by atoms with E-state index in [0.29, 0.717) is 0 Å². The lowest BCUT2D eigenvalue weighted by atomic mass is 10.2. The van der Waals surface area contributed by atoms with Gasteiger partial charge in [-0.2, -0.15) is 0 Å². The highest BCUT2D eigenvalue weighted by Crippen LogP contribution is 2.22. The minimum absolute atomic E-state index is 0.927. The molecular formula is C14H23N3. The SMILES string of the molecule is CCNCc1cnccc1N1CCCCCC1. The molecular weight excluding hydrogens is 210 g/mol. The van der Waals surface area contributed by atoms with Crippen LogP contribution in [0.15, 0.2) is 18.5 Å². The summed E-state index contributed by atoms with van der Waals surface area (Å²) in [6, 6.07) is 2.16. The summed E-state index contributed by atoms with van der Waals surface area (Å²) in [5, 5.41) is 3.39. The first kappa shape index (κ1) is 12.4. The van der Waals surface area contributed by atoms with Crippen LogP contribution in [0, 0.1) is 0 Å². The highest BCUT2D eigenvalue weighted by Gasteiger charge is 2.12. The van der Waals surface area contributed by atoms with E-state index in [1.54, 1.807) is 0 Å². The summed E-state index contributed by atoms with van der Waals surface area (Å²) < 4.78 is 0. The Morgan fingerprint density at radius 2 is 2.00 bits per heavy atom. The van der Waals surface area contributed by atoms with Gasteiger partial charge in [-0.25, -0.2) is 0 Å². The van der Waals surface area contributed by atoms with Gasteiger partial charge in [0, 0.05) is 43.3 Å². The van der Waals surface area contributed by atoms with Gasteiger partial charge in [0.25, 0.3) is 0 Å². The molecule has 1 aliphatic rings. The number of nitrogens with one attached hydrogen (secondary N) is 1. The summed E-state index contributed by atoms with van der Waals surface area (Å²) >= 11 is 0. The van der Waals surface area contributed by atoms with Gasteiger partial charge in [0.2, 0.25) is 0 Å². The third-order valence-corrected chi connectivity index (χ3v) is 3.39. The third kappa shape index (κ3) is 3.43. The van der Waals surface area contributed by atoms with Gasteiger partial charge in [-0.15, -0.1) is 0 Å². The van der Waals surface area contributed by atoms with Gasteiger partial charge in [-0.1, -0.05) is 19.8 Å². The average Bonchev–Trinajstić information content (AvgIpc) is 2.65. The molecule has 0 aromatic carbocycles. The number of hydrogen-bond donors (Lipinski definition) is 1. The maximum Gasteiger partial charge on any atom is 0.0442 e. The molecule has 1 aliphatic heterocycles. The van der Waals surface area contributed by atoms with Gasteiger partial charge < -0.3 is 10.2 Å². The van der Waals surface area contributed by atoms with Crippen LogP contribution in [0.1, 0.15) is 38.2 Å². The normalized spacial score (nSPS) is 16.9. The molecule has 0 amide bonds. The number of nitrogens with zero attached hydrogens (tertiary/aromatic N) is 2. The standard InChI is InChI=1S/C14H23N3/c1-2-15-11-13-12-16-8-7-14(13)17-9-5-3-4-6-10-17/h7-8,12,15H,2-6,9-11H2,1H3. The Hall–Kier alpha value is -1.09. The van der Waals surface area contributed by atoms with E-state index in [9.17, 15) is 0 Å². The third-order valence-electron chi connectivity index (χ3n) is 3.39. The molecule has 0 radical (unpaired) electrons. The smallest absolute Gasteiger partial charge is 0.0442 e. The van der Waals surface area contributed by atoms with Crippen LogP contribution in [-0.2, 0) is 6.54 Å². The molecule has 1 saturated heterocycles. The summed E-state index contributed by atoms with van der Waals surface area (Å²) in [7, 11) is 0. The van der Waals surface area contributed by atoms with Crippen LogP contribution in [0.25, 0.3) is 0 Å². The zero-order valence-electron chi connectivity index (χ0n) is 10.8. The minimum atomic E-state index is 0.927. The summed E-state index contributed by atoms with van der Waals surface area (Å²) in [5.41, 5.74) is 2.71. The lowest BCUT2D eigenvalue weighted by molar-refractivity contribution is 0.713. The van der Waals surface area contributed by atoms with Crippen molar-refractivity contribution in [1.29, 1.82) is 0 Å². The Kier molecular flexibility index (Phi) is 4.80. The topological polar surface area (TPSA) is 28.2 Å². The molecule has 1 fully saturated rings. The largest absolute Gasteiger partial charge is 0.371 e. The zero-order chi connectivity index (χ0) is 11.9. The van der Waals surface area contributed by atoms with Crippen LogP contribution >= 0.6 is 0 Å². The Bertz CT molecular complexity index is 330. The van der Waals surface area contributed by atoms with Crippen molar-refractivity contribution in [3.05, 3.63) is 24.0 Å². The molecule has 0 saturated carbocycles. The fourth-order valence-corrected chi connectivity index (χ4v) is 2.44. The van der Waals surface area contributed by atoms with Gasteiger partial charge in [0.05, 0.1) is 0 Å². The molecule has 1 N–H and O–H groups in total. The second-order valence-electron chi connectivity index (χ2n) is 4.69. The lowest BCUT2D eigenvalue weighted by Crippen LogP contribution is -2.26. The van der Waals surface area contributed by atoms with E-state index in [1.165, 1.54) is 50.0 Å². The Morgan fingerprint density at radius 3 is 2.71 bits per heavy atom. The molecule has 0 atom stereocenters. The number of pyridine rings is 1. The summed E-state index contributed by atoms with van der Waals surface area (Å²) in [5.74, 6) is 0. The van der Waals surface area contributed by atoms with Gasteiger partial charge >= 0.3 is 0 Å². The maximum atomic E-state index is 4.25. The van der Waals surface area contributed by atoms with Crippen LogP contribution in [-0.4, -0.2) is 24.6 Å². The van der Waals surface area contributed by atoms with Crippen molar-refractivity contribution in [1.82, 2.24) is 10.3 Å². The highest BCUT2D eigenvalue weighted by molar-refractivity contribution is 5.52. The molecule has 3 nitrogen and oxygen atoms in total. The van der Waals surface area contributed by atoms with E-state index in [0.717, 1.165) is 13.1 Å². The van der Waals surface area contributed by atoms with E-state index in [2.05, 4.69) is 28.2 Å². The average molecular weight is 233 g/mol. The van der Waals surface area contributed by atoms with Crippen molar-refractivity contribution >= 4 is 5.69 Å². The number of aromatic nitrogens is 1. The van der Waals surface area contributed by atoms with E-state index in [1.807, 2.05) is 12.4 Å². The van der Waals surface area contributed by atoms with Gasteiger partial charge in [0.15, 0.2) is 0 Å². The molecule has 2 rings (SSSR count). The van der Waals surface area contributed by atoms with Crippen LogP contribution in [0.3, 0.4) is 0 Å². The number of rotatable bonds is 4. The first-order valence-corrected chi connectivity index (χ1v) is 6.80. The van der Waals surface area contributed by atoms with E-state index in [-0.39, 0.29) is 0 Å². The fraction of sp³-hybridized carbons (Fsp3) is 0.643. The van der Waals surface area contributed by atoms with Crippen LogP contribution in [0.4, 0.5) is 5.69 Å². The molecule has 94 valence electrons. The number of hydrogen-bond acceptors (Lipinski definition) is 3. The second kappa shape index (κ2) is 6.60. The number of anilines is 1. The Morgan fingerprint density at radius 1 is 1.24 bits per heavy atom. The summed E-state index contributed by atoms with van der Waals surface area (Å²) in [4.78, 5) is 6.78. The Labute approximate surface area is 104 Å².